The van der Waals surface area contributed by atoms with Crippen LogP contribution in [-0.4, -0.2) is 43.0 Å². The fourth-order valence-electron chi connectivity index (χ4n) is 4.14. The summed E-state index contributed by atoms with van der Waals surface area (Å²) in [4.78, 5) is 21.1. The number of hydrogen-bond donors (Lipinski definition) is 4. The number of carbonyl (C=O) groups is 1. The lowest BCUT2D eigenvalue weighted by atomic mass is 9.70. The van der Waals surface area contributed by atoms with Crippen molar-refractivity contribution in [1.29, 1.82) is 0 Å². The van der Waals surface area contributed by atoms with E-state index in [0.29, 0.717) is 32.2 Å². The molecule has 0 saturated carbocycles. The number of nitro groups is 1. The Kier molecular flexibility index (Phi) is 9.55. The second kappa shape index (κ2) is 11.0. The molecule has 32 heavy (non-hydrogen) atoms. The van der Waals surface area contributed by atoms with Gasteiger partial charge in [-0.25, -0.2) is 0 Å². The van der Waals surface area contributed by atoms with E-state index in [1.165, 1.54) is 12.1 Å². The molecule has 0 aliphatic carbocycles. The summed E-state index contributed by atoms with van der Waals surface area (Å²) in [5.74, 6) is -1.33. The van der Waals surface area contributed by atoms with Crippen LogP contribution in [0.25, 0.3) is 0 Å². The van der Waals surface area contributed by atoms with Crippen LogP contribution < -0.4 is 11.1 Å². The van der Waals surface area contributed by atoms with Crippen LogP contribution in [0, 0.1) is 16.0 Å². The number of rotatable bonds is 7. The van der Waals surface area contributed by atoms with Crippen molar-refractivity contribution in [2.45, 2.75) is 83.6 Å². The third kappa shape index (κ3) is 6.85. The average molecular weight is 470 g/mol. The molecule has 0 amide bonds. The number of nitro benzene ring substituents is 1. The van der Waals surface area contributed by atoms with Gasteiger partial charge >= 0.3 is 5.97 Å². The molecular formula is C22H35N3O6S. The smallest absolute Gasteiger partial charge is 0.309 e. The maximum absolute atomic E-state index is 11.2. The van der Waals surface area contributed by atoms with E-state index in [-0.39, 0.29) is 10.8 Å². The molecule has 180 valence electrons. The van der Waals surface area contributed by atoms with E-state index in [2.05, 4.69) is 17.5 Å². The third-order valence-electron chi connectivity index (χ3n) is 6.30. The molecule has 1 aliphatic rings. The van der Waals surface area contributed by atoms with Crippen LogP contribution in [-0.2, 0) is 16.1 Å². The first kappa shape index (κ1) is 27.7. The lowest BCUT2D eigenvalue weighted by Gasteiger charge is -2.53. The number of ether oxygens (including phenoxy) is 1. The van der Waals surface area contributed by atoms with Gasteiger partial charge in [-0.3, -0.25) is 14.9 Å². The van der Waals surface area contributed by atoms with Crippen LogP contribution in [0.3, 0.4) is 0 Å². The predicted molar refractivity (Wildman–Crippen MR) is 126 cm³/mol. The fourth-order valence-corrected chi connectivity index (χ4v) is 4.21. The standard InChI is InChI=1S/C14H26O4.C8H9N3O2S/c1-6-14(17,7-2)13(5)9-8-10(11(15)16)12(3,4)18-13;9-8(14)10-5-6-1-3-7(4-2-6)11(12)13/h10,17H,6-9H2,1-5H3,(H,15,16);1-4H,5H2,(H3,9,10,14). The SMILES string of the molecule is CCC(O)(CC)C1(C)CCC(C(=O)O)C(C)(C)O1.NC(=S)NCc1ccc([N+](=O)[O-])cc1. The number of benzene rings is 1. The third-order valence-corrected chi connectivity index (χ3v) is 6.45. The quantitative estimate of drug-likeness (QED) is 0.267. The van der Waals surface area contributed by atoms with E-state index in [1.54, 1.807) is 26.0 Å². The summed E-state index contributed by atoms with van der Waals surface area (Å²) in [5, 5.41) is 33.2. The van der Waals surface area contributed by atoms with Crippen molar-refractivity contribution in [3.05, 3.63) is 39.9 Å². The molecule has 2 rings (SSSR count). The summed E-state index contributed by atoms with van der Waals surface area (Å²) in [6.45, 7) is 9.86. The van der Waals surface area contributed by atoms with Gasteiger partial charge < -0.3 is 26.0 Å². The highest BCUT2D eigenvalue weighted by Gasteiger charge is 2.54. The molecule has 1 heterocycles. The predicted octanol–water partition coefficient (Wildman–Crippen LogP) is 3.51. The molecule has 2 atom stereocenters. The number of hydrogen-bond acceptors (Lipinski definition) is 6. The molecule has 1 aromatic carbocycles. The van der Waals surface area contributed by atoms with E-state index < -0.39 is 33.6 Å². The van der Waals surface area contributed by atoms with Gasteiger partial charge in [0.25, 0.3) is 5.69 Å². The van der Waals surface area contributed by atoms with Gasteiger partial charge in [0.1, 0.15) is 0 Å². The zero-order valence-corrected chi connectivity index (χ0v) is 20.2. The first-order valence-corrected chi connectivity index (χ1v) is 11.0. The lowest BCUT2D eigenvalue weighted by Crippen LogP contribution is -2.61. The number of aliphatic carboxylic acids is 1. The monoisotopic (exact) mass is 469 g/mol. The van der Waals surface area contributed by atoms with Crippen molar-refractivity contribution in [3.8, 4) is 0 Å². The summed E-state index contributed by atoms with van der Waals surface area (Å²) in [6.07, 6.45) is 2.33. The number of carboxylic acids is 1. The van der Waals surface area contributed by atoms with Gasteiger partial charge in [-0.1, -0.05) is 26.0 Å². The molecule has 0 aromatic heterocycles. The van der Waals surface area contributed by atoms with Crippen molar-refractivity contribution in [3.63, 3.8) is 0 Å². The summed E-state index contributed by atoms with van der Waals surface area (Å²) in [6, 6.07) is 6.19. The van der Waals surface area contributed by atoms with E-state index in [9.17, 15) is 25.1 Å². The summed E-state index contributed by atoms with van der Waals surface area (Å²) < 4.78 is 6.05. The van der Waals surface area contributed by atoms with Gasteiger partial charge in [0, 0.05) is 18.7 Å². The molecule has 0 spiro atoms. The molecule has 5 N–H and O–H groups in total. The Labute approximate surface area is 194 Å². The van der Waals surface area contributed by atoms with Gasteiger partial charge in [-0.15, -0.1) is 0 Å². The number of nitrogens with zero attached hydrogens (tertiary/aromatic N) is 1. The van der Waals surface area contributed by atoms with E-state index >= 15 is 0 Å². The van der Waals surface area contributed by atoms with Crippen LogP contribution in [0.5, 0.6) is 0 Å². The van der Waals surface area contributed by atoms with Gasteiger partial charge in [-0.2, -0.15) is 0 Å². The Bertz CT molecular complexity index is 810. The summed E-state index contributed by atoms with van der Waals surface area (Å²) >= 11 is 4.62. The second-order valence-electron chi connectivity index (χ2n) is 8.75. The molecule has 0 bridgehead atoms. The van der Waals surface area contributed by atoms with Crippen LogP contribution in [0.15, 0.2) is 24.3 Å². The van der Waals surface area contributed by atoms with Crippen molar-refractivity contribution in [2.24, 2.45) is 11.7 Å². The zero-order chi connectivity index (χ0) is 24.7. The van der Waals surface area contributed by atoms with Gasteiger partial charge in [0.15, 0.2) is 5.11 Å². The van der Waals surface area contributed by atoms with Gasteiger partial charge in [0.05, 0.1) is 27.6 Å². The lowest BCUT2D eigenvalue weighted by molar-refractivity contribution is -0.384. The Morgan fingerprint density at radius 1 is 1.31 bits per heavy atom. The van der Waals surface area contributed by atoms with E-state index in [4.69, 9.17) is 10.5 Å². The first-order valence-electron chi connectivity index (χ1n) is 10.6. The van der Waals surface area contributed by atoms with Crippen LogP contribution >= 0.6 is 12.2 Å². The second-order valence-corrected chi connectivity index (χ2v) is 9.19. The minimum absolute atomic E-state index is 0.0732. The highest BCUT2D eigenvalue weighted by molar-refractivity contribution is 7.80. The van der Waals surface area contributed by atoms with Crippen molar-refractivity contribution < 1.29 is 24.7 Å². The number of nitrogens with one attached hydrogen (secondary N) is 1. The number of aliphatic hydroxyl groups is 1. The minimum atomic E-state index is -0.895. The molecule has 9 nitrogen and oxygen atoms in total. The minimum Gasteiger partial charge on any atom is -0.481 e. The molecular weight excluding hydrogens is 434 g/mol. The number of carboxylic acid groups (broad SMARTS) is 1. The molecule has 1 saturated heterocycles. The molecule has 1 fully saturated rings. The highest BCUT2D eigenvalue weighted by atomic mass is 32.1. The Morgan fingerprint density at radius 3 is 2.22 bits per heavy atom. The Hall–Kier alpha value is -2.30. The summed E-state index contributed by atoms with van der Waals surface area (Å²) in [7, 11) is 0. The average Bonchev–Trinajstić information content (AvgIpc) is 2.71. The van der Waals surface area contributed by atoms with E-state index in [1.807, 2.05) is 20.8 Å². The van der Waals surface area contributed by atoms with Crippen molar-refractivity contribution in [1.82, 2.24) is 5.32 Å². The van der Waals surface area contributed by atoms with Crippen LogP contribution in [0.1, 0.15) is 65.9 Å². The number of thiocarbonyl (C=S) groups is 1. The largest absolute Gasteiger partial charge is 0.481 e. The molecule has 1 aliphatic heterocycles. The van der Waals surface area contributed by atoms with E-state index in [0.717, 1.165) is 5.56 Å². The molecule has 2 unspecified atom stereocenters. The topological polar surface area (TPSA) is 148 Å². The zero-order valence-electron chi connectivity index (χ0n) is 19.4. The summed E-state index contributed by atoms with van der Waals surface area (Å²) in [5.41, 5.74) is 3.87. The van der Waals surface area contributed by atoms with Crippen LogP contribution in [0.2, 0.25) is 0 Å². The number of non-ortho nitro benzene ring substituents is 1. The van der Waals surface area contributed by atoms with Gasteiger partial charge in [-0.05, 0) is 64.2 Å². The fraction of sp³-hybridized carbons (Fsp3) is 0.636. The Balaban J connectivity index is 0.000000330. The maximum atomic E-state index is 11.2. The number of nitrogens with two attached hydrogens (primary N) is 1. The molecule has 0 radical (unpaired) electrons. The first-order chi connectivity index (χ1) is 14.7. The molecule has 10 heteroatoms. The highest BCUT2D eigenvalue weighted by Crippen LogP contribution is 2.46. The normalized spacial score (nSPS) is 22.2. The van der Waals surface area contributed by atoms with Crippen molar-refractivity contribution in [2.75, 3.05) is 0 Å². The van der Waals surface area contributed by atoms with Crippen molar-refractivity contribution >= 4 is 29.0 Å². The maximum Gasteiger partial charge on any atom is 0.309 e. The van der Waals surface area contributed by atoms with Gasteiger partial charge in [0.2, 0.25) is 0 Å². The molecule has 1 aromatic rings. The van der Waals surface area contributed by atoms with Crippen LogP contribution in [0.4, 0.5) is 5.69 Å². The Morgan fingerprint density at radius 2 is 1.84 bits per heavy atom.